The molecule has 3 N–H and O–H groups in total. The predicted octanol–water partition coefficient (Wildman–Crippen LogP) is -0.778. The van der Waals surface area contributed by atoms with Crippen molar-refractivity contribution in [1.29, 1.82) is 0 Å². The molecule has 0 aromatic carbocycles. The molecule has 0 aliphatic carbocycles. The number of pyridine rings is 1. The topological polar surface area (TPSA) is 94.5 Å². The molecule has 0 radical (unpaired) electrons. The van der Waals surface area contributed by atoms with Gasteiger partial charge in [-0.25, -0.2) is 0 Å². The summed E-state index contributed by atoms with van der Waals surface area (Å²) in [5, 5.41) is 11.9. The van der Waals surface area contributed by atoms with Crippen LogP contribution in [0.5, 0.6) is 0 Å². The maximum atomic E-state index is 5.53. The van der Waals surface area contributed by atoms with Crippen LogP contribution in [0, 0.1) is 0 Å². The lowest BCUT2D eigenvalue weighted by molar-refractivity contribution is 0.509. The lowest BCUT2D eigenvalue weighted by Gasteiger charge is -2.13. The zero-order valence-corrected chi connectivity index (χ0v) is 9.61. The summed E-state index contributed by atoms with van der Waals surface area (Å²) in [5.74, 6) is 6.21. The first-order valence-electron chi connectivity index (χ1n) is 5.36. The fourth-order valence-corrected chi connectivity index (χ4v) is 1.62. The van der Waals surface area contributed by atoms with E-state index < -0.39 is 0 Å². The SMILES string of the molecule is Cn1nnc(CC(Cc2ccncc2)NN)n1. The molecule has 7 nitrogen and oxygen atoms in total. The normalized spacial score (nSPS) is 12.6. The van der Waals surface area contributed by atoms with Crippen LogP contribution >= 0.6 is 0 Å². The zero-order chi connectivity index (χ0) is 12.1. The molecule has 0 aliphatic heterocycles. The van der Waals surface area contributed by atoms with E-state index in [0.29, 0.717) is 12.2 Å². The minimum Gasteiger partial charge on any atom is -0.271 e. The Balaban J connectivity index is 1.98. The molecule has 7 heteroatoms. The molecule has 2 aromatic rings. The van der Waals surface area contributed by atoms with Crippen LogP contribution in [0.2, 0.25) is 0 Å². The van der Waals surface area contributed by atoms with Gasteiger partial charge in [-0.1, -0.05) is 0 Å². The second kappa shape index (κ2) is 5.46. The van der Waals surface area contributed by atoms with Gasteiger partial charge in [-0.3, -0.25) is 16.3 Å². The van der Waals surface area contributed by atoms with E-state index in [1.807, 2.05) is 12.1 Å². The monoisotopic (exact) mass is 233 g/mol. The number of aromatic nitrogens is 5. The van der Waals surface area contributed by atoms with Crippen LogP contribution in [-0.2, 0) is 19.9 Å². The van der Waals surface area contributed by atoms with Crippen molar-refractivity contribution in [3.63, 3.8) is 0 Å². The number of nitrogens with two attached hydrogens (primary N) is 1. The van der Waals surface area contributed by atoms with Crippen LogP contribution in [-0.4, -0.2) is 31.2 Å². The van der Waals surface area contributed by atoms with E-state index in [0.717, 1.165) is 6.42 Å². The molecular weight excluding hydrogens is 218 g/mol. The Bertz CT molecular complexity index is 453. The summed E-state index contributed by atoms with van der Waals surface area (Å²) in [7, 11) is 1.74. The third kappa shape index (κ3) is 3.30. The third-order valence-corrected chi connectivity index (χ3v) is 2.45. The molecule has 0 saturated heterocycles. The van der Waals surface area contributed by atoms with Crippen LogP contribution in [0.4, 0.5) is 0 Å². The van der Waals surface area contributed by atoms with Gasteiger partial charge in [-0.15, -0.1) is 10.2 Å². The van der Waals surface area contributed by atoms with E-state index in [9.17, 15) is 0 Å². The Kier molecular flexibility index (Phi) is 3.73. The molecule has 0 saturated carbocycles. The Morgan fingerprint density at radius 2 is 2.12 bits per heavy atom. The molecule has 2 aromatic heterocycles. The molecule has 2 rings (SSSR count). The number of aryl methyl sites for hydroxylation is 1. The van der Waals surface area contributed by atoms with Gasteiger partial charge in [0.1, 0.15) is 0 Å². The van der Waals surface area contributed by atoms with Crippen LogP contribution in [0.25, 0.3) is 0 Å². The first kappa shape index (κ1) is 11.6. The highest BCUT2D eigenvalue weighted by molar-refractivity contribution is 5.11. The lowest BCUT2D eigenvalue weighted by atomic mass is 10.0. The number of tetrazole rings is 1. The van der Waals surface area contributed by atoms with E-state index in [1.54, 1.807) is 19.4 Å². The van der Waals surface area contributed by atoms with E-state index in [2.05, 4.69) is 25.8 Å². The molecule has 90 valence electrons. The maximum Gasteiger partial charge on any atom is 0.176 e. The summed E-state index contributed by atoms with van der Waals surface area (Å²) < 4.78 is 0. The summed E-state index contributed by atoms with van der Waals surface area (Å²) in [5.41, 5.74) is 3.94. The van der Waals surface area contributed by atoms with Gasteiger partial charge in [0.25, 0.3) is 0 Å². The summed E-state index contributed by atoms with van der Waals surface area (Å²) in [4.78, 5) is 5.42. The van der Waals surface area contributed by atoms with Crippen molar-refractivity contribution in [2.45, 2.75) is 18.9 Å². The second-order valence-electron chi connectivity index (χ2n) is 3.82. The third-order valence-electron chi connectivity index (χ3n) is 2.45. The zero-order valence-electron chi connectivity index (χ0n) is 9.61. The van der Waals surface area contributed by atoms with E-state index in [4.69, 9.17) is 5.84 Å². The first-order chi connectivity index (χ1) is 8.28. The van der Waals surface area contributed by atoms with Gasteiger partial charge in [-0.2, -0.15) is 4.80 Å². The van der Waals surface area contributed by atoms with Crippen molar-refractivity contribution in [3.8, 4) is 0 Å². The number of rotatable bonds is 5. The average molecular weight is 233 g/mol. The largest absolute Gasteiger partial charge is 0.271 e. The quantitative estimate of drug-likeness (QED) is 0.520. The number of nitrogens with one attached hydrogen (secondary N) is 1. The molecule has 0 aliphatic rings. The molecule has 17 heavy (non-hydrogen) atoms. The highest BCUT2D eigenvalue weighted by atomic mass is 15.6. The second-order valence-corrected chi connectivity index (χ2v) is 3.82. The van der Waals surface area contributed by atoms with Crippen molar-refractivity contribution >= 4 is 0 Å². The number of hydrazine groups is 1. The smallest absolute Gasteiger partial charge is 0.176 e. The number of hydrogen-bond donors (Lipinski definition) is 2. The van der Waals surface area contributed by atoms with Crippen LogP contribution < -0.4 is 11.3 Å². The summed E-state index contributed by atoms with van der Waals surface area (Å²) in [6.45, 7) is 0. The summed E-state index contributed by atoms with van der Waals surface area (Å²) in [6, 6.07) is 4.02. The first-order valence-corrected chi connectivity index (χ1v) is 5.36. The lowest BCUT2D eigenvalue weighted by Crippen LogP contribution is -2.38. The minimum absolute atomic E-state index is 0.0848. The Morgan fingerprint density at radius 1 is 1.35 bits per heavy atom. The summed E-state index contributed by atoms with van der Waals surface area (Å²) in [6.07, 6.45) is 4.98. The molecule has 0 amide bonds. The number of hydrogen-bond acceptors (Lipinski definition) is 6. The van der Waals surface area contributed by atoms with Crippen molar-refractivity contribution in [3.05, 3.63) is 35.9 Å². The minimum atomic E-state index is 0.0848. The fraction of sp³-hybridized carbons (Fsp3) is 0.400. The van der Waals surface area contributed by atoms with Crippen molar-refractivity contribution in [2.24, 2.45) is 12.9 Å². The van der Waals surface area contributed by atoms with E-state index in [1.165, 1.54) is 10.4 Å². The molecule has 0 fully saturated rings. The number of nitrogens with zero attached hydrogens (tertiary/aromatic N) is 5. The fourth-order valence-electron chi connectivity index (χ4n) is 1.62. The molecule has 0 bridgehead atoms. The molecule has 1 unspecified atom stereocenters. The van der Waals surface area contributed by atoms with Crippen LogP contribution in [0.1, 0.15) is 11.4 Å². The average Bonchev–Trinajstić information content (AvgIpc) is 2.75. The Hall–Kier alpha value is -1.86. The highest BCUT2D eigenvalue weighted by Gasteiger charge is 2.12. The van der Waals surface area contributed by atoms with Crippen LogP contribution in [0.15, 0.2) is 24.5 Å². The maximum absolute atomic E-state index is 5.53. The highest BCUT2D eigenvalue weighted by Crippen LogP contribution is 2.04. The van der Waals surface area contributed by atoms with Gasteiger partial charge in [-0.05, 0) is 29.3 Å². The molecule has 1 atom stereocenters. The molecule has 2 heterocycles. The van der Waals surface area contributed by atoms with Gasteiger partial charge in [0, 0.05) is 24.9 Å². The van der Waals surface area contributed by atoms with Gasteiger partial charge in [0.05, 0.1) is 7.05 Å². The predicted molar refractivity (Wildman–Crippen MR) is 61.6 cm³/mol. The van der Waals surface area contributed by atoms with Crippen molar-refractivity contribution in [2.75, 3.05) is 0 Å². The van der Waals surface area contributed by atoms with Gasteiger partial charge >= 0.3 is 0 Å². The molecular formula is C10H15N7. The Labute approximate surface area is 99.0 Å². The van der Waals surface area contributed by atoms with Gasteiger partial charge in [0.2, 0.25) is 0 Å². The van der Waals surface area contributed by atoms with Crippen molar-refractivity contribution < 1.29 is 0 Å². The summed E-state index contributed by atoms with van der Waals surface area (Å²) >= 11 is 0. The Morgan fingerprint density at radius 3 is 2.71 bits per heavy atom. The van der Waals surface area contributed by atoms with Gasteiger partial charge < -0.3 is 0 Å². The van der Waals surface area contributed by atoms with E-state index >= 15 is 0 Å². The van der Waals surface area contributed by atoms with Crippen molar-refractivity contribution in [1.82, 2.24) is 30.6 Å². The van der Waals surface area contributed by atoms with E-state index in [-0.39, 0.29) is 6.04 Å². The van der Waals surface area contributed by atoms with Gasteiger partial charge in [0.15, 0.2) is 5.82 Å². The van der Waals surface area contributed by atoms with Crippen LogP contribution in [0.3, 0.4) is 0 Å². The molecule has 0 spiro atoms. The standard InChI is InChI=1S/C10H15N7/c1-17-15-10(14-16-17)7-9(13-11)6-8-2-4-12-5-3-8/h2-5,9,13H,6-7,11H2,1H3.